The summed E-state index contributed by atoms with van der Waals surface area (Å²) < 4.78 is 0. The third-order valence-electron chi connectivity index (χ3n) is 2.37. The second kappa shape index (κ2) is 4.13. The molecule has 1 heterocycles. The number of aromatic nitrogens is 1. The predicted octanol–water partition coefficient (Wildman–Crippen LogP) is 0.846. The Morgan fingerprint density at radius 1 is 1.18 bits per heavy atom. The number of nitrogens with one attached hydrogen (secondary N) is 1. The van der Waals surface area contributed by atoms with E-state index in [0.29, 0.717) is 11.3 Å². The lowest BCUT2D eigenvalue weighted by molar-refractivity contribution is 0.0999. The van der Waals surface area contributed by atoms with E-state index in [0.717, 1.165) is 0 Å². The van der Waals surface area contributed by atoms with E-state index in [1.165, 1.54) is 18.2 Å². The maximum Gasteiger partial charge on any atom is 0.261 e. The van der Waals surface area contributed by atoms with Gasteiger partial charge in [-0.3, -0.25) is 9.59 Å². The summed E-state index contributed by atoms with van der Waals surface area (Å²) >= 11 is 0. The molecule has 5 heteroatoms. The number of nitrogens with two attached hydrogens (primary N) is 1. The number of phenols is 1. The molecule has 4 N–H and O–H groups in total. The van der Waals surface area contributed by atoms with Crippen LogP contribution in [0.15, 0.2) is 41.2 Å². The number of primary amides is 1. The van der Waals surface area contributed by atoms with Crippen LogP contribution < -0.4 is 11.3 Å². The number of hydrogen-bond donors (Lipinski definition) is 3. The van der Waals surface area contributed by atoms with Gasteiger partial charge in [-0.15, -0.1) is 0 Å². The summed E-state index contributed by atoms with van der Waals surface area (Å²) in [7, 11) is 0. The highest BCUT2D eigenvalue weighted by molar-refractivity contribution is 5.92. The highest BCUT2D eigenvalue weighted by Crippen LogP contribution is 2.25. The van der Waals surface area contributed by atoms with Gasteiger partial charge >= 0.3 is 0 Å². The van der Waals surface area contributed by atoms with Gasteiger partial charge in [-0.2, -0.15) is 0 Å². The molecular weight excluding hydrogens is 220 g/mol. The van der Waals surface area contributed by atoms with Crippen molar-refractivity contribution in [2.45, 2.75) is 0 Å². The molecule has 0 aliphatic heterocycles. The van der Waals surface area contributed by atoms with Crippen molar-refractivity contribution in [2.24, 2.45) is 5.73 Å². The lowest BCUT2D eigenvalue weighted by atomic mass is 10.1. The summed E-state index contributed by atoms with van der Waals surface area (Å²) in [5.41, 5.74) is 5.26. The molecular formula is C12H10N2O3. The lowest BCUT2D eigenvalue weighted by Gasteiger charge is -2.04. The van der Waals surface area contributed by atoms with Crippen molar-refractivity contribution >= 4 is 5.91 Å². The fraction of sp³-hybridized carbons (Fsp3) is 0. The van der Waals surface area contributed by atoms with E-state index in [-0.39, 0.29) is 11.3 Å². The third kappa shape index (κ3) is 2.03. The maximum atomic E-state index is 11.5. The fourth-order valence-electron chi connectivity index (χ4n) is 1.53. The molecule has 0 aliphatic carbocycles. The summed E-state index contributed by atoms with van der Waals surface area (Å²) in [5, 5.41) is 9.62. The first-order chi connectivity index (χ1) is 8.09. The van der Waals surface area contributed by atoms with E-state index in [2.05, 4.69) is 4.98 Å². The first-order valence-corrected chi connectivity index (χ1v) is 4.91. The molecule has 1 amide bonds. The minimum Gasteiger partial charge on any atom is -0.507 e. The molecule has 0 aliphatic rings. The molecule has 0 saturated carbocycles. The van der Waals surface area contributed by atoms with Crippen molar-refractivity contribution in [1.82, 2.24) is 4.98 Å². The summed E-state index contributed by atoms with van der Waals surface area (Å²) in [5.74, 6) is -0.731. The lowest BCUT2D eigenvalue weighted by Crippen LogP contribution is -2.23. The number of aromatic amines is 1. The molecule has 2 aromatic rings. The first kappa shape index (κ1) is 10.9. The molecule has 0 bridgehead atoms. The highest BCUT2D eigenvalue weighted by atomic mass is 16.3. The van der Waals surface area contributed by atoms with Gasteiger partial charge in [0.25, 0.3) is 11.5 Å². The Bertz CT molecular complexity index is 632. The van der Waals surface area contributed by atoms with Crippen molar-refractivity contribution in [3.05, 3.63) is 52.3 Å². The van der Waals surface area contributed by atoms with Crippen molar-refractivity contribution in [3.63, 3.8) is 0 Å². The van der Waals surface area contributed by atoms with E-state index in [1.54, 1.807) is 18.2 Å². The van der Waals surface area contributed by atoms with Crippen molar-refractivity contribution < 1.29 is 9.90 Å². The molecule has 0 spiro atoms. The second-order valence-corrected chi connectivity index (χ2v) is 3.50. The van der Waals surface area contributed by atoms with Crippen LogP contribution in [-0.2, 0) is 0 Å². The van der Waals surface area contributed by atoms with Gasteiger partial charge in [-0.05, 0) is 24.3 Å². The Hall–Kier alpha value is -2.56. The maximum absolute atomic E-state index is 11.5. The molecule has 5 nitrogen and oxygen atoms in total. The van der Waals surface area contributed by atoms with E-state index in [1.807, 2.05) is 0 Å². The third-order valence-corrected chi connectivity index (χ3v) is 2.37. The zero-order valence-electron chi connectivity index (χ0n) is 8.81. The molecule has 0 fully saturated rings. The Kier molecular flexibility index (Phi) is 2.66. The predicted molar refractivity (Wildman–Crippen MR) is 62.7 cm³/mol. The van der Waals surface area contributed by atoms with Crippen LogP contribution in [-0.4, -0.2) is 16.0 Å². The van der Waals surface area contributed by atoms with Gasteiger partial charge < -0.3 is 15.8 Å². The van der Waals surface area contributed by atoms with Crippen molar-refractivity contribution in [1.29, 1.82) is 0 Å². The summed E-state index contributed by atoms with van der Waals surface area (Å²) in [6.45, 7) is 0. The summed E-state index contributed by atoms with van der Waals surface area (Å²) in [6.07, 6.45) is 0. The second-order valence-electron chi connectivity index (χ2n) is 3.50. The van der Waals surface area contributed by atoms with Crippen LogP contribution >= 0.6 is 0 Å². The number of carbonyl (C=O) groups excluding carboxylic acids is 1. The van der Waals surface area contributed by atoms with Gasteiger partial charge in [-0.25, -0.2) is 0 Å². The first-order valence-electron chi connectivity index (χ1n) is 4.91. The minimum atomic E-state index is -0.782. The SMILES string of the molecule is NC(=O)c1ccc(-c2ccccc2O)[nH]c1=O. The molecule has 17 heavy (non-hydrogen) atoms. The molecule has 0 atom stereocenters. The highest BCUT2D eigenvalue weighted by Gasteiger charge is 2.09. The van der Waals surface area contributed by atoms with Gasteiger partial charge in [0.2, 0.25) is 0 Å². The summed E-state index contributed by atoms with van der Waals surface area (Å²) in [4.78, 5) is 24.9. The number of rotatable bonds is 2. The van der Waals surface area contributed by atoms with Gasteiger partial charge in [0.05, 0.1) is 5.69 Å². The van der Waals surface area contributed by atoms with Crippen LogP contribution in [0.25, 0.3) is 11.3 Å². The number of phenolic OH excluding ortho intramolecular Hbond substituents is 1. The Labute approximate surface area is 96.5 Å². The number of amides is 1. The topological polar surface area (TPSA) is 96.2 Å². The van der Waals surface area contributed by atoms with Crippen molar-refractivity contribution in [3.8, 4) is 17.0 Å². The van der Waals surface area contributed by atoms with Crippen molar-refractivity contribution in [2.75, 3.05) is 0 Å². The van der Waals surface area contributed by atoms with Crippen LogP contribution in [0.1, 0.15) is 10.4 Å². The van der Waals surface area contributed by atoms with Crippen LogP contribution in [0.4, 0.5) is 0 Å². The van der Waals surface area contributed by atoms with E-state index < -0.39 is 11.5 Å². The molecule has 1 aromatic heterocycles. The van der Waals surface area contributed by atoms with E-state index >= 15 is 0 Å². The average molecular weight is 230 g/mol. The monoisotopic (exact) mass is 230 g/mol. The minimum absolute atomic E-state index is 0.0509. The smallest absolute Gasteiger partial charge is 0.261 e. The number of para-hydroxylation sites is 1. The van der Waals surface area contributed by atoms with E-state index in [9.17, 15) is 14.7 Å². The quantitative estimate of drug-likeness (QED) is 0.713. The fourth-order valence-corrected chi connectivity index (χ4v) is 1.53. The zero-order chi connectivity index (χ0) is 12.4. The number of hydrogen-bond acceptors (Lipinski definition) is 3. The van der Waals surface area contributed by atoms with Gasteiger partial charge in [0, 0.05) is 5.56 Å². The average Bonchev–Trinajstić information content (AvgIpc) is 2.29. The number of pyridine rings is 1. The van der Waals surface area contributed by atoms with Crippen LogP contribution in [0.5, 0.6) is 5.75 Å². The molecule has 0 unspecified atom stereocenters. The van der Waals surface area contributed by atoms with Gasteiger partial charge in [0.15, 0.2) is 0 Å². The Morgan fingerprint density at radius 2 is 1.88 bits per heavy atom. The number of carbonyl (C=O) groups is 1. The molecule has 86 valence electrons. The van der Waals surface area contributed by atoms with Crippen LogP contribution in [0, 0.1) is 0 Å². The normalized spacial score (nSPS) is 10.1. The molecule has 1 aromatic carbocycles. The summed E-state index contributed by atoms with van der Waals surface area (Å²) in [6, 6.07) is 9.43. The zero-order valence-corrected chi connectivity index (χ0v) is 8.81. The van der Waals surface area contributed by atoms with E-state index in [4.69, 9.17) is 5.73 Å². The molecule has 2 rings (SSSR count). The Balaban J connectivity index is 2.57. The molecule has 0 saturated heterocycles. The van der Waals surface area contributed by atoms with Gasteiger partial charge in [0.1, 0.15) is 11.3 Å². The van der Waals surface area contributed by atoms with Gasteiger partial charge in [-0.1, -0.05) is 12.1 Å². The Morgan fingerprint density at radius 3 is 2.47 bits per heavy atom. The number of aromatic hydroxyl groups is 1. The number of benzene rings is 1. The van der Waals surface area contributed by atoms with Crippen LogP contribution in [0.3, 0.4) is 0 Å². The molecule has 0 radical (unpaired) electrons. The number of H-pyrrole nitrogens is 1. The standard InChI is InChI=1S/C12H10N2O3/c13-11(16)8-5-6-9(14-12(8)17)7-3-1-2-4-10(7)15/h1-6,15H,(H2,13,16)(H,14,17). The largest absolute Gasteiger partial charge is 0.507 e. The van der Waals surface area contributed by atoms with Crippen LogP contribution in [0.2, 0.25) is 0 Å².